The van der Waals surface area contributed by atoms with Crippen molar-refractivity contribution in [1.82, 2.24) is 0 Å². The van der Waals surface area contributed by atoms with Gasteiger partial charge in [0.2, 0.25) is 5.75 Å². The molecular formula is C15H20O5. The third kappa shape index (κ3) is 3.66. The van der Waals surface area contributed by atoms with Crippen LogP contribution in [0.5, 0.6) is 17.2 Å². The van der Waals surface area contributed by atoms with E-state index in [0.717, 1.165) is 11.1 Å². The molecule has 0 N–H and O–H groups in total. The van der Waals surface area contributed by atoms with Gasteiger partial charge in [-0.15, -0.1) is 0 Å². The van der Waals surface area contributed by atoms with Crippen molar-refractivity contribution in [3.8, 4) is 17.2 Å². The van der Waals surface area contributed by atoms with E-state index in [-0.39, 0.29) is 5.97 Å². The van der Waals surface area contributed by atoms with Crippen LogP contribution < -0.4 is 14.2 Å². The number of benzene rings is 1. The zero-order chi connectivity index (χ0) is 15.1. The molecule has 0 spiro atoms. The van der Waals surface area contributed by atoms with E-state index in [1.54, 1.807) is 40.4 Å². The Morgan fingerprint density at radius 3 is 2.05 bits per heavy atom. The summed E-state index contributed by atoms with van der Waals surface area (Å²) in [5, 5.41) is 0. The highest BCUT2D eigenvalue weighted by Gasteiger charge is 2.14. The van der Waals surface area contributed by atoms with Gasteiger partial charge in [0, 0.05) is 6.08 Å². The number of allylic oxidation sites excluding steroid dienone is 1. The van der Waals surface area contributed by atoms with Crippen LogP contribution in [0.1, 0.15) is 19.4 Å². The van der Waals surface area contributed by atoms with E-state index in [0.29, 0.717) is 23.9 Å². The molecule has 1 aromatic rings. The number of hydrogen-bond acceptors (Lipinski definition) is 5. The molecule has 0 heterocycles. The van der Waals surface area contributed by atoms with Gasteiger partial charge in [0.15, 0.2) is 11.5 Å². The van der Waals surface area contributed by atoms with Gasteiger partial charge in [0.25, 0.3) is 0 Å². The summed E-state index contributed by atoms with van der Waals surface area (Å²) >= 11 is 0. The number of esters is 1. The Balaban J connectivity index is 3.22. The third-order valence-electron chi connectivity index (χ3n) is 2.74. The molecule has 110 valence electrons. The molecule has 0 aromatic heterocycles. The molecule has 1 aromatic carbocycles. The average molecular weight is 280 g/mol. The highest BCUT2D eigenvalue weighted by Crippen LogP contribution is 2.39. The summed E-state index contributed by atoms with van der Waals surface area (Å²) in [6.07, 6.45) is 1.43. The Labute approximate surface area is 119 Å². The zero-order valence-corrected chi connectivity index (χ0v) is 12.5. The van der Waals surface area contributed by atoms with Crippen LogP contribution in [0.4, 0.5) is 0 Å². The molecule has 0 atom stereocenters. The van der Waals surface area contributed by atoms with Gasteiger partial charge < -0.3 is 18.9 Å². The first-order valence-electron chi connectivity index (χ1n) is 6.22. The molecule has 1 rings (SSSR count). The van der Waals surface area contributed by atoms with Crippen LogP contribution >= 0.6 is 0 Å². The topological polar surface area (TPSA) is 54.0 Å². The minimum Gasteiger partial charge on any atom is -0.493 e. The Bertz CT molecular complexity index is 480. The fourth-order valence-corrected chi connectivity index (χ4v) is 1.75. The summed E-state index contributed by atoms with van der Waals surface area (Å²) < 4.78 is 20.7. The smallest absolute Gasteiger partial charge is 0.331 e. The first kappa shape index (κ1) is 15.9. The summed E-state index contributed by atoms with van der Waals surface area (Å²) in [5.41, 5.74) is 1.55. The predicted octanol–water partition coefficient (Wildman–Crippen LogP) is 2.68. The Morgan fingerprint density at radius 1 is 1.10 bits per heavy atom. The second kappa shape index (κ2) is 7.43. The number of methoxy groups -OCH3 is 3. The fraction of sp³-hybridized carbons (Fsp3) is 0.400. The van der Waals surface area contributed by atoms with Crippen molar-refractivity contribution < 1.29 is 23.7 Å². The first-order chi connectivity index (χ1) is 9.57. The standard InChI is InChI=1S/C15H20O5/c1-6-20-14(16)7-10(2)11-8-12(17-3)15(19-5)13(9-11)18-4/h7-9H,6H2,1-5H3/b10-7+. The maximum atomic E-state index is 11.5. The van der Waals surface area contributed by atoms with Gasteiger partial charge in [0.05, 0.1) is 27.9 Å². The summed E-state index contributed by atoms with van der Waals surface area (Å²) in [5.74, 6) is 1.22. The maximum absolute atomic E-state index is 11.5. The van der Waals surface area contributed by atoms with Gasteiger partial charge in [-0.2, -0.15) is 0 Å². The number of rotatable bonds is 6. The van der Waals surface area contributed by atoms with Crippen LogP contribution in [0.25, 0.3) is 5.57 Å². The van der Waals surface area contributed by atoms with Gasteiger partial charge in [-0.25, -0.2) is 4.79 Å². The molecule has 0 aliphatic rings. The molecule has 5 nitrogen and oxygen atoms in total. The van der Waals surface area contributed by atoms with Crippen molar-refractivity contribution >= 4 is 11.5 Å². The van der Waals surface area contributed by atoms with Crippen molar-refractivity contribution in [3.63, 3.8) is 0 Å². The summed E-state index contributed by atoms with van der Waals surface area (Å²) in [4.78, 5) is 11.5. The summed E-state index contributed by atoms with van der Waals surface area (Å²) in [7, 11) is 4.64. The number of hydrogen-bond donors (Lipinski definition) is 0. The number of ether oxygens (including phenoxy) is 4. The molecule has 0 radical (unpaired) electrons. The van der Waals surface area contributed by atoms with Crippen LogP contribution in [-0.4, -0.2) is 33.9 Å². The second-order valence-electron chi connectivity index (χ2n) is 3.99. The molecule has 20 heavy (non-hydrogen) atoms. The maximum Gasteiger partial charge on any atom is 0.331 e. The minimum absolute atomic E-state index is 0.345. The van der Waals surface area contributed by atoms with E-state index in [4.69, 9.17) is 18.9 Å². The van der Waals surface area contributed by atoms with Crippen LogP contribution in [0, 0.1) is 0 Å². The highest BCUT2D eigenvalue weighted by molar-refractivity contribution is 5.91. The van der Waals surface area contributed by atoms with Crippen molar-refractivity contribution in [2.75, 3.05) is 27.9 Å². The van der Waals surface area contributed by atoms with E-state index in [2.05, 4.69) is 0 Å². The molecule has 0 saturated carbocycles. The van der Waals surface area contributed by atoms with E-state index < -0.39 is 0 Å². The minimum atomic E-state index is -0.376. The Kier molecular flexibility index (Phi) is 5.90. The monoisotopic (exact) mass is 280 g/mol. The lowest BCUT2D eigenvalue weighted by molar-refractivity contribution is -0.137. The quantitative estimate of drug-likeness (QED) is 0.592. The molecule has 0 saturated heterocycles. The summed E-state index contributed by atoms with van der Waals surface area (Å²) in [6, 6.07) is 3.57. The van der Waals surface area contributed by atoms with Crippen LogP contribution in [0.15, 0.2) is 18.2 Å². The van der Waals surface area contributed by atoms with Gasteiger partial charge in [0.1, 0.15) is 0 Å². The van der Waals surface area contributed by atoms with Gasteiger partial charge in [-0.3, -0.25) is 0 Å². The molecule has 0 aliphatic heterocycles. The van der Waals surface area contributed by atoms with Crippen LogP contribution in [-0.2, 0) is 9.53 Å². The van der Waals surface area contributed by atoms with E-state index in [1.807, 2.05) is 6.92 Å². The molecule has 5 heteroatoms. The number of carbonyl (C=O) groups excluding carboxylic acids is 1. The Hall–Kier alpha value is -2.17. The van der Waals surface area contributed by atoms with Crippen molar-refractivity contribution in [3.05, 3.63) is 23.8 Å². The molecule has 0 aliphatic carbocycles. The third-order valence-corrected chi connectivity index (χ3v) is 2.74. The molecule has 0 amide bonds. The first-order valence-corrected chi connectivity index (χ1v) is 6.22. The van der Waals surface area contributed by atoms with E-state index in [9.17, 15) is 4.79 Å². The normalized spacial score (nSPS) is 10.9. The lowest BCUT2D eigenvalue weighted by Crippen LogP contribution is -2.01. The fourth-order valence-electron chi connectivity index (χ4n) is 1.75. The molecule has 0 unspecified atom stereocenters. The van der Waals surface area contributed by atoms with Crippen molar-refractivity contribution in [1.29, 1.82) is 0 Å². The SMILES string of the molecule is CCOC(=O)/C=C(\C)c1cc(OC)c(OC)c(OC)c1. The van der Waals surface area contributed by atoms with Crippen LogP contribution in [0.2, 0.25) is 0 Å². The van der Waals surface area contributed by atoms with Gasteiger partial charge in [-0.1, -0.05) is 0 Å². The predicted molar refractivity (Wildman–Crippen MR) is 76.4 cm³/mol. The largest absolute Gasteiger partial charge is 0.493 e. The lowest BCUT2D eigenvalue weighted by Gasteiger charge is -2.14. The summed E-state index contributed by atoms with van der Waals surface area (Å²) in [6.45, 7) is 3.93. The average Bonchev–Trinajstić information content (AvgIpc) is 2.45. The van der Waals surface area contributed by atoms with Crippen molar-refractivity contribution in [2.45, 2.75) is 13.8 Å². The highest BCUT2D eigenvalue weighted by atomic mass is 16.5. The second-order valence-corrected chi connectivity index (χ2v) is 3.99. The lowest BCUT2D eigenvalue weighted by atomic mass is 10.1. The zero-order valence-electron chi connectivity index (χ0n) is 12.5. The molecular weight excluding hydrogens is 260 g/mol. The van der Waals surface area contributed by atoms with Gasteiger partial charge >= 0.3 is 5.97 Å². The van der Waals surface area contributed by atoms with Crippen molar-refractivity contribution in [2.24, 2.45) is 0 Å². The van der Waals surface area contributed by atoms with Crippen LogP contribution in [0.3, 0.4) is 0 Å². The number of carbonyl (C=O) groups is 1. The molecule has 0 fully saturated rings. The Morgan fingerprint density at radius 2 is 1.65 bits per heavy atom. The van der Waals surface area contributed by atoms with E-state index in [1.165, 1.54) is 6.08 Å². The van der Waals surface area contributed by atoms with Gasteiger partial charge in [-0.05, 0) is 37.1 Å². The van der Waals surface area contributed by atoms with E-state index >= 15 is 0 Å². The molecule has 0 bridgehead atoms.